The van der Waals surface area contributed by atoms with Gasteiger partial charge in [0.25, 0.3) is 11.8 Å². The summed E-state index contributed by atoms with van der Waals surface area (Å²) in [4.78, 5) is 35.9. The van der Waals surface area contributed by atoms with Crippen LogP contribution in [-0.2, 0) is 4.79 Å². The van der Waals surface area contributed by atoms with Crippen LogP contribution in [0.4, 0.5) is 0 Å². The van der Waals surface area contributed by atoms with Gasteiger partial charge in [-0.05, 0) is 88.1 Å². The molecule has 2 aromatic carbocycles. The molecular formula is C26H32N2O6. The zero-order chi connectivity index (χ0) is 24.6. The van der Waals surface area contributed by atoms with Crippen molar-refractivity contribution in [2.45, 2.75) is 45.6 Å². The summed E-state index contributed by atoms with van der Waals surface area (Å²) in [5.41, 5.74) is 0.346. The number of nitrogens with one attached hydrogen (secondary N) is 2. The van der Waals surface area contributed by atoms with E-state index < -0.39 is 11.4 Å². The first kappa shape index (κ1) is 25.1. The molecule has 0 atom stereocenters. The van der Waals surface area contributed by atoms with Crippen molar-refractivity contribution in [1.82, 2.24) is 10.6 Å². The Morgan fingerprint density at radius 3 is 1.79 bits per heavy atom. The molecule has 0 aliphatic heterocycles. The largest absolute Gasteiger partial charge is 0.494 e. The van der Waals surface area contributed by atoms with E-state index in [-0.39, 0.29) is 17.9 Å². The maximum atomic E-state index is 12.4. The summed E-state index contributed by atoms with van der Waals surface area (Å²) in [7, 11) is 0. The molecule has 0 spiro atoms. The Balaban J connectivity index is 1.38. The number of carboxylic acid groups (broad SMARTS) is 1. The maximum Gasteiger partial charge on any atom is 0.309 e. The SMILES string of the molecule is CCOc1ccc(C(=O)NCCNC(=O)c2ccc(OC3CCC(C)(C(=O)O)CC3)cc2)cc1. The Bertz CT molecular complexity index is 979. The molecule has 1 aliphatic rings. The molecule has 3 N–H and O–H groups in total. The zero-order valence-corrected chi connectivity index (χ0v) is 19.6. The van der Waals surface area contributed by atoms with Crippen LogP contribution in [0, 0.1) is 5.41 Å². The van der Waals surface area contributed by atoms with E-state index >= 15 is 0 Å². The fourth-order valence-electron chi connectivity index (χ4n) is 3.86. The standard InChI is InChI=1S/C26H32N2O6/c1-3-33-20-8-4-18(5-9-20)23(29)27-16-17-28-24(30)19-6-10-21(11-7-19)34-22-12-14-26(2,15-13-22)25(31)32/h4-11,22H,3,12-17H2,1-2H3,(H,27,29)(H,28,30)(H,31,32). The minimum atomic E-state index is -0.753. The monoisotopic (exact) mass is 468 g/mol. The number of ether oxygens (including phenoxy) is 2. The topological polar surface area (TPSA) is 114 Å². The summed E-state index contributed by atoms with van der Waals surface area (Å²) in [6.45, 7) is 4.84. The molecule has 182 valence electrons. The first-order valence-corrected chi connectivity index (χ1v) is 11.6. The fourth-order valence-corrected chi connectivity index (χ4v) is 3.86. The van der Waals surface area contributed by atoms with Crippen LogP contribution in [0.15, 0.2) is 48.5 Å². The van der Waals surface area contributed by atoms with E-state index in [1.54, 1.807) is 55.5 Å². The van der Waals surface area contributed by atoms with Crippen LogP contribution in [0.5, 0.6) is 11.5 Å². The third kappa shape index (κ3) is 6.73. The van der Waals surface area contributed by atoms with Crippen molar-refractivity contribution in [2.24, 2.45) is 5.41 Å². The predicted octanol–water partition coefficient (Wildman–Crippen LogP) is 3.66. The summed E-state index contributed by atoms with van der Waals surface area (Å²) in [6.07, 6.45) is 2.53. The Labute approximate surface area is 199 Å². The van der Waals surface area contributed by atoms with Gasteiger partial charge in [-0.25, -0.2) is 0 Å². The molecule has 2 amide bonds. The fraction of sp³-hybridized carbons (Fsp3) is 0.423. The number of rotatable bonds is 10. The first-order chi connectivity index (χ1) is 16.3. The van der Waals surface area contributed by atoms with Crippen LogP contribution in [0.1, 0.15) is 60.2 Å². The second-order valence-corrected chi connectivity index (χ2v) is 8.68. The van der Waals surface area contributed by atoms with Crippen molar-refractivity contribution in [3.05, 3.63) is 59.7 Å². The molecule has 8 nitrogen and oxygen atoms in total. The van der Waals surface area contributed by atoms with E-state index in [9.17, 15) is 19.5 Å². The summed E-state index contributed by atoms with van der Waals surface area (Å²) < 4.78 is 11.3. The van der Waals surface area contributed by atoms with Gasteiger partial charge in [-0.1, -0.05) is 0 Å². The van der Waals surface area contributed by atoms with E-state index in [0.717, 1.165) is 0 Å². The Hall–Kier alpha value is -3.55. The molecule has 0 heterocycles. The number of benzene rings is 2. The minimum Gasteiger partial charge on any atom is -0.494 e. The molecule has 0 bridgehead atoms. The van der Waals surface area contributed by atoms with Crippen molar-refractivity contribution < 1.29 is 29.0 Å². The first-order valence-electron chi connectivity index (χ1n) is 11.6. The summed E-state index contributed by atoms with van der Waals surface area (Å²) in [5.74, 6) is 0.157. The highest BCUT2D eigenvalue weighted by Crippen LogP contribution is 2.37. The second-order valence-electron chi connectivity index (χ2n) is 8.68. The summed E-state index contributed by atoms with van der Waals surface area (Å²) in [5, 5.41) is 14.9. The number of amides is 2. The smallest absolute Gasteiger partial charge is 0.309 e. The number of carbonyl (C=O) groups excluding carboxylic acids is 2. The van der Waals surface area contributed by atoms with Gasteiger partial charge in [0.05, 0.1) is 18.1 Å². The van der Waals surface area contributed by atoms with Gasteiger partial charge < -0.3 is 25.2 Å². The van der Waals surface area contributed by atoms with E-state index in [0.29, 0.717) is 68.0 Å². The molecular weight excluding hydrogens is 436 g/mol. The molecule has 8 heteroatoms. The predicted molar refractivity (Wildman–Crippen MR) is 127 cm³/mol. The van der Waals surface area contributed by atoms with Crippen molar-refractivity contribution >= 4 is 17.8 Å². The lowest BCUT2D eigenvalue weighted by molar-refractivity contribution is -0.150. The minimum absolute atomic E-state index is 0.0221. The normalized spacial score (nSPS) is 19.6. The maximum absolute atomic E-state index is 12.4. The van der Waals surface area contributed by atoms with Crippen LogP contribution in [0.3, 0.4) is 0 Å². The Morgan fingerprint density at radius 2 is 1.35 bits per heavy atom. The molecule has 0 aromatic heterocycles. The van der Waals surface area contributed by atoms with Gasteiger partial charge in [-0.15, -0.1) is 0 Å². The van der Waals surface area contributed by atoms with Crippen molar-refractivity contribution in [3.63, 3.8) is 0 Å². The second kappa shape index (κ2) is 11.5. The average molecular weight is 469 g/mol. The zero-order valence-electron chi connectivity index (χ0n) is 19.6. The van der Waals surface area contributed by atoms with Crippen LogP contribution >= 0.6 is 0 Å². The van der Waals surface area contributed by atoms with E-state index in [1.165, 1.54) is 0 Å². The third-order valence-electron chi connectivity index (χ3n) is 6.10. The molecule has 0 radical (unpaired) electrons. The Kier molecular flexibility index (Phi) is 8.51. The van der Waals surface area contributed by atoms with Gasteiger partial charge in [0.15, 0.2) is 0 Å². The molecule has 1 aliphatic carbocycles. The number of aliphatic carboxylic acids is 1. The third-order valence-corrected chi connectivity index (χ3v) is 6.10. The molecule has 2 aromatic rings. The van der Waals surface area contributed by atoms with Crippen molar-refractivity contribution in [1.29, 1.82) is 0 Å². The van der Waals surface area contributed by atoms with E-state index in [4.69, 9.17) is 9.47 Å². The van der Waals surface area contributed by atoms with Gasteiger partial charge in [-0.3, -0.25) is 14.4 Å². The van der Waals surface area contributed by atoms with E-state index in [1.807, 2.05) is 6.92 Å². The summed E-state index contributed by atoms with van der Waals surface area (Å²) >= 11 is 0. The van der Waals surface area contributed by atoms with Crippen LogP contribution in [-0.4, -0.2) is 48.7 Å². The van der Waals surface area contributed by atoms with Gasteiger partial charge in [-0.2, -0.15) is 0 Å². The number of hydrogen-bond donors (Lipinski definition) is 3. The lowest BCUT2D eigenvalue weighted by Crippen LogP contribution is -2.36. The highest BCUT2D eigenvalue weighted by atomic mass is 16.5. The molecule has 0 saturated heterocycles. The molecule has 34 heavy (non-hydrogen) atoms. The summed E-state index contributed by atoms with van der Waals surface area (Å²) in [6, 6.07) is 13.7. The van der Waals surface area contributed by atoms with Crippen molar-refractivity contribution in [3.8, 4) is 11.5 Å². The molecule has 0 unspecified atom stereocenters. The van der Waals surface area contributed by atoms with Crippen LogP contribution in [0.2, 0.25) is 0 Å². The lowest BCUT2D eigenvalue weighted by atomic mass is 9.75. The molecule has 1 saturated carbocycles. The lowest BCUT2D eigenvalue weighted by Gasteiger charge is -2.33. The Morgan fingerprint density at radius 1 is 0.882 bits per heavy atom. The average Bonchev–Trinajstić information content (AvgIpc) is 2.84. The van der Waals surface area contributed by atoms with Gasteiger partial charge in [0.1, 0.15) is 11.5 Å². The van der Waals surface area contributed by atoms with Crippen LogP contribution in [0.25, 0.3) is 0 Å². The number of carboxylic acids is 1. The number of carbonyl (C=O) groups is 3. The molecule has 3 rings (SSSR count). The quantitative estimate of drug-likeness (QED) is 0.459. The highest BCUT2D eigenvalue weighted by molar-refractivity contribution is 5.95. The van der Waals surface area contributed by atoms with Gasteiger partial charge in [0, 0.05) is 24.2 Å². The van der Waals surface area contributed by atoms with Crippen LogP contribution < -0.4 is 20.1 Å². The van der Waals surface area contributed by atoms with Gasteiger partial charge >= 0.3 is 5.97 Å². The van der Waals surface area contributed by atoms with Gasteiger partial charge in [0.2, 0.25) is 0 Å². The molecule has 1 fully saturated rings. The number of hydrogen-bond acceptors (Lipinski definition) is 5. The van der Waals surface area contributed by atoms with Crippen molar-refractivity contribution in [2.75, 3.05) is 19.7 Å². The van der Waals surface area contributed by atoms with E-state index in [2.05, 4.69) is 10.6 Å². The highest BCUT2D eigenvalue weighted by Gasteiger charge is 2.38.